The van der Waals surface area contributed by atoms with Crippen LogP contribution in [0, 0.1) is 0 Å². The lowest BCUT2D eigenvalue weighted by molar-refractivity contribution is -0.140. The number of ether oxygens (including phenoxy) is 2. The molecule has 1 aromatic heterocycles. The van der Waals surface area contributed by atoms with Gasteiger partial charge in [-0.2, -0.15) is 0 Å². The SMILES string of the molecule is CCC(Sc1nc2c(c(=O)n1CCOC)SC(C)C2)C(=O)OC. The predicted molar refractivity (Wildman–Crippen MR) is 91.3 cm³/mol. The molecule has 0 radical (unpaired) electrons. The van der Waals surface area contributed by atoms with E-state index in [1.165, 1.54) is 18.9 Å². The molecule has 0 fully saturated rings. The summed E-state index contributed by atoms with van der Waals surface area (Å²) < 4.78 is 11.5. The van der Waals surface area contributed by atoms with Gasteiger partial charge in [0.05, 0.1) is 30.9 Å². The van der Waals surface area contributed by atoms with Crippen LogP contribution in [0.4, 0.5) is 0 Å². The molecule has 0 saturated heterocycles. The molecule has 0 amide bonds. The Kier molecular flexibility index (Phi) is 6.55. The van der Waals surface area contributed by atoms with Gasteiger partial charge in [0.15, 0.2) is 5.16 Å². The van der Waals surface area contributed by atoms with E-state index >= 15 is 0 Å². The summed E-state index contributed by atoms with van der Waals surface area (Å²) in [5, 5.41) is 0.548. The quantitative estimate of drug-likeness (QED) is 0.419. The average Bonchev–Trinajstić information content (AvgIpc) is 2.92. The van der Waals surface area contributed by atoms with Gasteiger partial charge in [-0.05, 0) is 6.42 Å². The molecule has 6 nitrogen and oxygen atoms in total. The Balaban J connectivity index is 2.40. The fourth-order valence-electron chi connectivity index (χ4n) is 2.36. The maximum Gasteiger partial charge on any atom is 0.319 e. The van der Waals surface area contributed by atoms with E-state index in [9.17, 15) is 9.59 Å². The Morgan fingerprint density at radius 2 is 2.26 bits per heavy atom. The van der Waals surface area contributed by atoms with Crippen molar-refractivity contribution in [1.82, 2.24) is 9.55 Å². The molecule has 2 rings (SSSR count). The molecule has 0 N–H and O–H groups in total. The summed E-state index contributed by atoms with van der Waals surface area (Å²) in [7, 11) is 2.97. The molecule has 2 heterocycles. The average molecular weight is 358 g/mol. The van der Waals surface area contributed by atoms with Crippen LogP contribution < -0.4 is 5.56 Å². The molecule has 0 saturated carbocycles. The number of esters is 1. The zero-order valence-corrected chi connectivity index (χ0v) is 15.5. The second-order valence-corrected chi connectivity index (χ2v) is 7.91. The lowest BCUT2D eigenvalue weighted by atomic mass is 10.2. The van der Waals surface area contributed by atoms with Gasteiger partial charge in [-0.1, -0.05) is 25.6 Å². The van der Waals surface area contributed by atoms with Gasteiger partial charge in [0, 0.05) is 18.8 Å². The van der Waals surface area contributed by atoms with Crippen LogP contribution in [0.2, 0.25) is 0 Å². The van der Waals surface area contributed by atoms with Crippen molar-refractivity contribution in [3.05, 3.63) is 16.0 Å². The molecule has 2 atom stereocenters. The summed E-state index contributed by atoms with van der Waals surface area (Å²) in [5.74, 6) is -0.298. The van der Waals surface area contributed by atoms with Crippen molar-refractivity contribution in [3.63, 3.8) is 0 Å². The Hall–Kier alpha value is -0.990. The molecule has 2 unspecified atom stereocenters. The number of methoxy groups -OCH3 is 2. The highest BCUT2D eigenvalue weighted by atomic mass is 32.2. The number of carbonyl (C=O) groups excluding carboxylic acids is 1. The van der Waals surface area contributed by atoms with Crippen molar-refractivity contribution >= 4 is 29.5 Å². The standard InChI is InChI=1S/C15H22N2O4S2/c1-5-11(14(19)21-4)23-15-16-10-8-9(2)22-12(10)13(18)17(15)6-7-20-3/h9,11H,5-8H2,1-4H3. The first-order valence-corrected chi connectivity index (χ1v) is 9.31. The minimum absolute atomic E-state index is 0.0383. The first-order chi connectivity index (χ1) is 11.0. The summed E-state index contributed by atoms with van der Waals surface area (Å²) in [4.78, 5) is 30.0. The molecule has 1 aliphatic rings. The molecule has 0 aromatic carbocycles. The van der Waals surface area contributed by atoms with E-state index < -0.39 is 0 Å². The van der Waals surface area contributed by atoms with E-state index in [1.54, 1.807) is 23.4 Å². The molecular weight excluding hydrogens is 336 g/mol. The highest BCUT2D eigenvalue weighted by Crippen LogP contribution is 2.35. The number of hydrogen-bond acceptors (Lipinski definition) is 7. The van der Waals surface area contributed by atoms with Crippen molar-refractivity contribution in [2.45, 2.75) is 53.8 Å². The minimum atomic E-state index is -0.370. The van der Waals surface area contributed by atoms with Crippen molar-refractivity contribution in [1.29, 1.82) is 0 Å². The maximum atomic E-state index is 12.8. The molecule has 1 aromatic rings. The minimum Gasteiger partial charge on any atom is -0.468 e. The normalized spacial score (nSPS) is 17.8. The van der Waals surface area contributed by atoms with E-state index in [0.29, 0.717) is 30.0 Å². The zero-order valence-electron chi connectivity index (χ0n) is 13.8. The summed E-state index contributed by atoms with van der Waals surface area (Å²) in [6, 6.07) is 0. The van der Waals surface area contributed by atoms with Crippen LogP contribution in [0.3, 0.4) is 0 Å². The van der Waals surface area contributed by atoms with Gasteiger partial charge in [-0.25, -0.2) is 4.98 Å². The maximum absolute atomic E-state index is 12.8. The van der Waals surface area contributed by atoms with Gasteiger partial charge in [-0.3, -0.25) is 14.2 Å². The number of aromatic nitrogens is 2. The predicted octanol–water partition coefficient (Wildman–Crippen LogP) is 1.97. The topological polar surface area (TPSA) is 70.4 Å². The van der Waals surface area contributed by atoms with Crippen LogP contribution in [0.5, 0.6) is 0 Å². The number of hydrogen-bond donors (Lipinski definition) is 0. The third kappa shape index (κ3) is 4.10. The number of thioether (sulfide) groups is 2. The van der Waals surface area contributed by atoms with Gasteiger partial charge < -0.3 is 9.47 Å². The smallest absolute Gasteiger partial charge is 0.319 e. The number of carbonyl (C=O) groups is 1. The molecule has 128 valence electrons. The van der Waals surface area contributed by atoms with Crippen molar-refractivity contribution < 1.29 is 14.3 Å². The largest absolute Gasteiger partial charge is 0.468 e. The summed E-state index contributed by atoms with van der Waals surface area (Å²) >= 11 is 2.86. The van der Waals surface area contributed by atoms with Gasteiger partial charge >= 0.3 is 5.97 Å². The Bertz CT molecular complexity index is 633. The van der Waals surface area contributed by atoms with Crippen molar-refractivity contribution in [2.24, 2.45) is 0 Å². The first-order valence-electron chi connectivity index (χ1n) is 7.55. The molecule has 8 heteroatoms. The molecule has 23 heavy (non-hydrogen) atoms. The number of rotatable bonds is 7. The highest BCUT2D eigenvalue weighted by Gasteiger charge is 2.28. The second kappa shape index (κ2) is 8.21. The lowest BCUT2D eigenvalue weighted by Gasteiger charge is -2.16. The van der Waals surface area contributed by atoms with Gasteiger partial charge in [-0.15, -0.1) is 11.8 Å². The second-order valence-electron chi connectivity index (χ2n) is 5.29. The van der Waals surface area contributed by atoms with Crippen LogP contribution in [0.25, 0.3) is 0 Å². The van der Waals surface area contributed by atoms with E-state index in [1.807, 2.05) is 6.92 Å². The zero-order chi connectivity index (χ0) is 17.0. The van der Waals surface area contributed by atoms with Crippen LogP contribution >= 0.6 is 23.5 Å². The van der Waals surface area contributed by atoms with E-state index in [4.69, 9.17) is 9.47 Å². The molecule has 1 aliphatic heterocycles. The fraction of sp³-hybridized carbons (Fsp3) is 0.667. The fourth-order valence-corrected chi connectivity index (χ4v) is 4.56. The molecule has 0 aliphatic carbocycles. The van der Waals surface area contributed by atoms with Gasteiger partial charge in [0.25, 0.3) is 5.56 Å². The van der Waals surface area contributed by atoms with Gasteiger partial charge in [0.2, 0.25) is 0 Å². The summed E-state index contributed by atoms with van der Waals surface area (Å²) in [6.07, 6.45) is 1.39. The van der Waals surface area contributed by atoms with E-state index in [2.05, 4.69) is 11.9 Å². The highest BCUT2D eigenvalue weighted by molar-refractivity contribution is 8.00. The Morgan fingerprint density at radius 3 is 2.87 bits per heavy atom. The van der Waals surface area contributed by atoms with Gasteiger partial charge in [0.1, 0.15) is 5.25 Å². The third-order valence-corrected chi connectivity index (χ3v) is 6.11. The van der Waals surface area contributed by atoms with Crippen LogP contribution in [-0.4, -0.2) is 46.8 Å². The van der Waals surface area contributed by atoms with Crippen LogP contribution in [0.1, 0.15) is 26.0 Å². The van der Waals surface area contributed by atoms with E-state index in [0.717, 1.165) is 17.0 Å². The first kappa shape index (κ1) is 18.4. The number of nitrogens with zero attached hydrogens (tertiary/aromatic N) is 2. The lowest BCUT2D eigenvalue weighted by Crippen LogP contribution is -2.28. The Labute approximate surface area is 144 Å². The summed E-state index contributed by atoms with van der Waals surface area (Å²) in [6.45, 7) is 4.84. The molecule has 0 bridgehead atoms. The van der Waals surface area contributed by atoms with Crippen molar-refractivity contribution in [3.8, 4) is 0 Å². The Morgan fingerprint density at radius 1 is 1.52 bits per heavy atom. The van der Waals surface area contributed by atoms with Crippen LogP contribution in [0.15, 0.2) is 14.8 Å². The third-order valence-electron chi connectivity index (χ3n) is 3.56. The number of fused-ring (bicyclic) bond motifs is 1. The van der Waals surface area contributed by atoms with Crippen molar-refractivity contribution in [2.75, 3.05) is 20.8 Å². The monoisotopic (exact) mass is 358 g/mol. The molecular formula is C15H22N2O4S2. The van der Waals surface area contributed by atoms with Crippen LogP contribution in [-0.2, 0) is 27.2 Å². The van der Waals surface area contributed by atoms with E-state index in [-0.39, 0.29) is 16.8 Å². The molecule has 0 spiro atoms. The summed E-state index contributed by atoms with van der Waals surface area (Å²) in [5.41, 5.74) is 0.798.